The smallest absolute Gasteiger partial charge is 0.264 e. The van der Waals surface area contributed by atoms with E-state index in [1.807, 2.05) is 6.92 Å². The zero-order valence-corrected chi connectivity index (χ0v) is 18.8. The molecular formula is C22H19Cl2FN2O3S. The van der Waals surface area contributed by atoms with Crippen LogP contribution in [0, 0.1) is 12.7 Å². The van der Waals surface area contributed by atoms with Gasteiger partial charge < -0.3 is 5.32 Å². The first-order valence-electron chi connectivity index (χ1n) is 9.22. The summed E-state index contributed by atoms with van der Waals surface area (Å²) in [4.78, 5) is 12.6. The highest BCUT2D eigenvalue weighted by atomic mass is 35.5. The average Bonchev–Trinajstić information content (AvgIpc) is 2.71. The molecule has 1 N–H and O–H groups in total. The molecule has 5 nitrogen and oxygen atoms in total. The van der Waals surface area contributed by atoms with Gasteiger partial charge in [-0.15, -0.1) is 0 Å². The van der Waals surface area contributed by atoms with E-state index in [9.17, 15) is 17.6 Å². The highest BCUT2D eigenvalue weighted by Crippen LogP contribution is 2.29. The number of hydrogen-bond acceptors (Lipinski definition) is 3. The molecule has 3 aromatic carbocycles. The maximum absolute atomic E-state index is 13.3. The van der Waals surface area contributed by atoms with Crippen LogP contribution in [0.4, 0.5) is 10.1 Å². The molecule has 0 atom stereocenters. The Morgan fingerprint density at radius 2 is 1.55 bits per heavy atom. The van der Waals surface area contributed by atoms with Gasteiger partial charge in [-0.1, -0.05) is 53.0 Å². The highest BCUT2D eigenvalue weighted by molar-refractivity contribution is 7.92. The van der Waals surface area contributed by atoms with Gasteiger partial charge in [0, 0.05) is 16.6 Å². The number of carbonyl (C=O) groups is 1. The van der Waals surface area contributed by atoms with Crippen molar-refractivity contribution in [2.75, 3.05) is 10.8 Å². The first-order chi connectivity index (χ1) is 14.6. The molecule has 162 valence electrons. The summed E-state index contributed by atoms with van der Waals surface area (Å²) in [7, 11) is -4.08. The predicted molar refractivity (Wildman–Crippen MR) is 120 cm³/mol. The van der Waals surface area contributed by atoms with Crippen LogP contribution in [0.2, 0.25) is 10.0 Å². The Morgan fingerprint density at radius 1 is 0.968 bits per heavy atom. The van der Waals surface area contributed by atoms with Crippen LogP contribution in [-0.2, 0) is 21.4 Å². The summed E-state index contributed by atoms with van der Waals surface area (Å²) in [6.45, 7) is 1.47. The van der Waals surface area contributed by atoms with Gasteiger partial charge in [0.05, 0.1) is 10.6 Å². The molecule has 0 radical (unpaired) electrons. The largest absolute Gasteiger partial charge is 0.350 e. The quantitative estimate of drug-likeness (QED) is 0.519. The molecule has 0 unspecified atom stereocenters. The summed E-state index contributed by atoms with van der Waals surface area (Å²) in [5.74, 6) is -0.931. The van der Waals surface area contributed by atoms with Crippen molar-refractivity contribution in [3.8, 4) is 0 Å². The molecule has 0 aliphatic heterocycles. The summed E-state index contributed by atoms with van der Waals surface area (Å²) in [5, 5.41) is 3.12. The standard InChI is InChI=1S/C22H19Cl2FN2O3S/c1-15-2-8-21(9-3-15)31(29,30)27(20-11-17(23)10-18(24)12-20)14-22(28)26-13-16-4-6-19(25)7-5-16/h2-12H,13-14H2,1H3,(H,26,28). The van der Waals surface area contributed by atoms with Crippen molar-refractivity contribution in [1.82, 2.24) is 5.32 Å². The van der Waals surface area contributed by atoms with Crippen LogP contribution in [-0.4, -0.2) is 20.9 Å². The van der Waals surface area contributed by atoms with E-state index in [-0.39, 0.29) is 33.0 Å². The van der Waals surface area contributed by atoms with Crippen LogP contribution in [0.25, 0.3) is 0 Å². The van der Waals surface area contributed by atoms with E-state index in [2.05, 4.69) is 5.32 Å². The minimum absolute atomic E-state index is 0.0283. The number of sulfonamides is 1. The Morgan fingerprint density at radius 3 is 2.13 bits per heavy atom. The van der Waals surface area contributed by atoms with Crippen LogP contribution >= 0.6 is 23.2 Å². The summed E-state index contributed by atoms with van der Waals surface area (Å²) in [6.07, 6.45) is 0. The van der Waals surface area contributed by atoms with Crippen molar-refractivity contribution in [3.63, 3.8) is 0 Å². The fraction of sp³-hybridized carbons (Fsp3) is 0.136. The molecule has 1 amide bonds. The van der Waals surface area contributed by atoms with Gasteiger partial charge in [0.25, 0.3) is 10.0 Å². The number of carbonyl (C=O) groups excluding carboxylic acids is 1. The first kappa shape index (κ1) is 23.1. The van der Waals surface area contributed by atoms with Crippen molar-refractivity contribution >= 4 is 44.8 Å². The molecule has 0 saturated carbocycles. The molecule has 0 aliphatic carbocycles. The molecule has 3 aromatic rings. The molecule has 3 rings (SSSR count). The van der Waals surface area contributed by atoms with Gasteiger partial charge in [-0.05, 0) is 55.0 Å². The van der Waals surface area contributed by atoms with Crippen molar-refractivity contribution in [3.05, 3.63) is 93.7 Å². The van der Waals surface area contributed by atoms with Crippen molar-refractivity contribution in [1.29, 1.82) is 0 Å². The zero-order chi connectivity index (χ0) is 22.6. The molecule has 0 aromatic heterocycles. The van der Waals surface area contributed by atoms with E-state index in [1.54, 1.807) is 12.1 Å². The molecular weight excluding hydrogens is 462 g/mol. The van der Waals surface area contributed by atoms with Crippen molar-refractivity contribution in [2.45, 2.75) is 18.4 Å². The number of nitrogens with zero attached hydrogens (tertiary/aromatic N) is 1. The van der Waals surface area contributed by atoms with Gasteiger partial charge in [-0.3, -0.25) is 9.10 Å². The third kappa shape index (κ3) is 5.97. The maximum Gasteiger partial charge on any atom is 0.264 e. The number of halogens is 3. The Balaban J connectivity index is 1.89. The Labute approximate surface area is 190 Å². The Bertz CT molecular complexity index is 1160. The number of rotatable bonds is 7. The van der Waals surface area contributed by atoms with Gasteiger partial charge in [0.2, 0.25) is 5.91 Å². The molecule has 0 spiro atoms. The van der Waals surface area contributed by atoms with Gasteiger partial charge in [-0.2, -0.15) is 0 Å². The van der Waals surface area contributed by atoms with E-state index < -0.39 is 22.5 Å². The van der Waals surface area contributed by atoms with Gasteiger partial charge in [0.1, 0.15) is 12.4 Å². The number of aryl methyl sites for hydroxylation is 1. The third-order valence-corrected chi connectivity index (χ3v) is 6.66. The van der Waals surface area contributed by atoms with E-state index >= 15 is 0 Å². The lowest BCUT2D eigenvalue weighted by Crippen LogP contribution is -2.40. The lowest BCUT2D eigenvalue weighted by atomic mass is 10.2. The molecule has 0 saturated heterocycles. The number of amides is 1. The molecule has 0 bridgehead atoms. The molecule has 0 fully saturated rings. The van der Waals surface area contributed by atoms with Gasteiger partial charge >= 0.3 is 0 Å². The molecule has 0 aliphatic rings. The summed E-state index contributed by atoms with van der Waals surface area (Å²) in [6, 6.07) is 16.2. The maximum atomic E-state index is 13.3. The van der Waals surface area contributed by atoms with E-state index in [4.69, 9.17) is 23.2 Å². The molecule has 0 heterocycles. The summed E-state index contributed by atoms with van der Waals surface area (Å²) < 4.78 is 40.7. The minimum Gasteiger partial charge on any atom is -0.350 e. The van der Waals surface area contributed by atoms with Crippen LogP contribution in [0.15, 0.2) is 71.6 Å². The van der Waals surface area contributed by atoms with Gasteiger partial charge in [-0.25, -0.2) is 12.8 Å². The average molecular weight is 481 g/mol. The Hall–Kier alpha value is -2.61. The molecule has 31 heavy (non-hydrogen) atoms. The Kier molecular flexibility index (Phi) is 7.20. The minimum atomic E-state index is -4.08. The zero-order valence-electron chi connectivity index (χ0n) is 16.5. The fourth-order valence-corrected chi connectivity index (χ4v) is 4.74. The van der Waals surface area contributed by atoms with E-state index in [1.165, 1.54) is 54.6 Å². The van der Waals surface area contributed by atoms with Crippen LogP contribution < -0.4 is 9.62 Å². The predicted octanol–water partition coefficient (Wildman–Crippen LogP) is 4.95. The number of anilines is 1. The third-order valence-electron chi connectivity index (χ3n) is 4.43. The number of hydrogen-bond donors (Lipinski definition) is 1. The summed E-state index contributed by atoms with van der Waals surface area (Å²) in [5.41, 5.74) is 1.73. The van der Waals surface area contributed by atoms with Crippen LogP contribution in [0.5, 0.6) is 0 Å². The second-order valence-corrected chi connectivity index (χ2v) is 9.59. The lowest BCUT2D eigenvalue weighted by Gasteiger charge is -2.24. The number of benzene rings is 3. The SMILES string of the molecule is Cc1ccc(S(=O)(=O)N(CC(=O)NCc2ccc(F)cc2)c2cc(Cl)cc(Cl)c2)cc1. The highest BCUT2D eigenvalue weighted by Gasteiger charge is 2.27. The van der Waals surface area contributed by atoms with Crippen LogP contribution in [0.1, 0.15) is 11.1 Å². The van der Waals surface area contributed by atoms with Crippen molar-refractivity contribution < 1.29 is 17.6 Å². The van der Waals surface area contributed by atoms with Gasteiger partial charge in [0.15, 0.2) is 0 Å². The molecule has 9 heteroatoms. The first-order valence-corrected chi connectivity index (χ1v) is 11.4. The normalized spacial score (nSPS) is 11.2. The second-order valence-electron chi connectivity index (χ2n) is 6.86. The monoisotopic (exact) mass is 480 g/mol. The second kappa shape index (κ2) is 9.68. The topological polar surface area (TPSA) is 66.5 Å². The van der Waals surface area contributed by atoms with Crippen LogP contribution in [0.3, 0.4) is 0 Å². The fourth-order valence-electron chi connectivity index (χ4n) is 2.83. The van der Waals surface area contributed by atoms with E-state index in [0.717, 1.165) is 9.87 Å². The number of nitrogens with one attached hydrogen (secondary N) is 1. The van der Waals surface area contributed by atoms with E-state index in [0.29, 0.717) is 5.56 Å². The summed E-state index contributed by atoms with van der Waals surface area (Å²) >= 11 is 12.1. The van der Waals surface area contributed by atoms with Crippen molar-refractivity contribution in [2.24, 2.45) is 0 Å². The lowest BCUT2D eigenvalue weighted by molar-refractivity contribution is -0.119.